The van der Waals surface area contributed by atoms with E-state index in [2.05, 4.69) is 28.8 Å². The van der Waals surface area contributed by atoms with Crippen molar-refractivity contribution >= 4 is 11.3 Å². The van der Waals surface area contributed by atoms with Gasteiger partial charge in [-0.25, -0.2) is 0 Å². The summed E-state index contributed by atoms with van der Waals surface area (Å²) in [7, 11) is 5.40. The minimum absolute atomic E-state index is 0.119. The second-order valence-corrected chi connectivity index (χ2v) is 5.72. The number of nitrogens with two attached hydrogens (primary N) is 1. The van der Waals surface area contributed by atoms with Gasteiger partial charge in [0.25, 0.3) is 0 Å². The number of hydrogen-bond donors (Lipinski definition) is 1. The van der Waals surface area contributed by atoms with E-state index in [1.165, 1.54) is 5.56 Å². The monoisotopic (exact) mass is 306 g/mol. The third-order valence-electron chi connectivity index (χ3n) is 3.53. The normalized spacial score (nSPS) is 12.4. The van der Waals surface area contributed by atoms with Crippen LogP contribution in [0.3, 0.4) is 0 Å². The largest absolute Gasteiger partial charge is 0.497 e. The summed E-state index contributed by atoms with van der Waals surface area (Å²) < 4.78 is 10.7. The molecule has 1 unspecified atom stereocenters. The maximum absolute atomic E-state index is 6.00. The predicted molar refractivity (Wildman–Crippen MR) is 87.1 cm³/mol. The number of rotatable bonds is 7. The molecule has 1 aromatic carbocycles. The Morgan fingerprint density at radius 3 is 2.33 bits per heavy atom. The molecule has 0 bridgehead atoms. The third-order valence-corrected chi connectivity index (χ3v) is 4.26. The zero-order valence-corrected chi connectivity index (χ0v) is 13.5. The molecular formula is C16H22N2O2S. The van der Waals surface area contributed by atoms with Gasteiger partial charge in [-0.3, -0.25) is 4.90 Å². The Balaban J connectivity index is 2.23. The molecule has 2 N–H and O–H groups in total. The van der Waals surface area contributed by atoms with Gasteiger partial charge >= 0.3 is 0 Å². The Bertz CT molecular complexity index is 535. The summed E-state index contributed by atoms with van der Waals surface area (Å²) in [6, 6.07) is 8.17. The smallest absolute Gasteiger partial charge is 0.122 e. The zero-order chi connectivity index (χ0) is 15.2. The molecular weight excluding hydrogens is 284 g/mol. The van der Waals surface area contributed by atoms with E-state index in [0.717, 1.165) is 23.6 Å². The van der Waals surface area contributed by atoms with Crippen molar-refractivity contribution in [1.29, 1.82) is 0 Å². The molecule has 1 aromatic heterocycles. The van der Waals surface area contributed by atoms with Gasteiger partial charge in [0.15, 0.2) is 0 Å². The summed E-state index contributed by atoms with van der Waals surface area (Å²) in [6.45, 7) is 1.40. The lowest BCUT2D eigenvalue weighted by atomic mass is 10.0. The van der Waals surface area contributed by atoms with Gasteiger partial charge in [0.1, 0.15) is 11.5 Å². The van der Waals surface area contributed by atoms with E-state index in [9.17, 15) is 0 Å². The zero-order valence-electron chi connectivity index (χ0n) is 12.7. The molecule has 0 fully saturated rings. The fourth-order valence-electron chi connectivity index (χ4n) is 2.37. The Hall–Kier alpha value is -1.56. The molecule has 0 saturated carbocycles. The van der Waals surface area contributed by atoms with Crippen LogP contribution in [0.5, 0.6) is 11.5 Å². The molecule has 0 aliphatic heterocycles. The summed E-state index contributed by atoms with van der Waals surface area (Å²) in [5.74, 6) is 1.57. The number of thiophene rings is 1. The lowest BCUT2D eigenvalue weighted by Crippen LogP contribution is -2.30. The number of ether oxygens (including phenoxy) is 2. The number of nitrogens with zero attached hydrogens (tertiary/aromatic N) is 1. The molecule has 5 heteroatoms. The highest BCUT2D eigenvalue weighted by Gasteiger charge is 2.18. The quantitative estimate of drug-likeness (QED) is 0.854. The topological polar surface area (TPSA) is 47.7 Å². The number of benzene rings is 1. The first-order valence-corrected chi connectivity index (χ1v) is 7.76. The first kappa shape index (κ1) is 15.8. The van der Waals surface area contributed by atoms with Crippen molar-refractivity contribution in [1.82, 2.24) is 4.90 Å². The van der Waals surface area contributed by atoms with Crippen molar-refractivity contribution in [3.05, 3.63) is 46.2 Å². The highest BCUT2D eigenvalue weighted by molar-refractivity contribution is 7.07. The lowest BCUT2D eigenvalue weighted by Gasteiger charge is -2.27. The van der Waals surface area contributed by atoms with Crippen LogP contribution in [0.1, 0.15) is 17.2 Å². The van der Waals surface area contributed by atoms with Crippen molar-refractivity contribution in [3.8, 4) is 11.5 Å². The van der Waals surface area contributed by atoms with Crippen LogP contribution in [-0.2, 0) is 6.54 Å². The van der Waals surface area contributed by atoms with Crippen LogP contribution >= 0.6 is 11.3 Å². The second-order valence-electron chi connectivity index (χ2n) is 4.94. The van der Waals surface area contributed by atoms with Crippen LogP contribution < -0.4 is 15.2 Å². The van der Waals surface area contributed by atoms with Gasteiger partial charge < -0.3 is 15.2 Å². The van der Waals surface area contributed by atoms with Crippen LogP contribution in [0.25, 0.3) is 0 Å². The minimum atomic E-state index is 0.119. The van der Waals surface area contributed by atoms with Crippen LogP contribution in [-0.4, -0.2) is 32.7 Å². The van der Waals surface area contributed by atoms with E-state index in [-0.39, 0.29) is 6.04 Å². The van der Waals surface area contributed by atoms with Gasteiger partial charge in [0.05, 0.1) is 14.2 Å². The Kier molecular flexibility index (Phi) is 5.61. The van der Waals surface area contributed by atoms with Gasteiger partial charge in [-0.1, -0.05) is 0 Å². The molecule has 0 radical (unpaired) electrons. The highest BCUT2D eigenvalue weighted by Crippen LogP contribution is 2.29. The van der Waals surface area contributed by atoms with Gasteiger partial charge in [-0.05, 0) is 47.1 Å². The molecule has 0 saturated heterocycles. The van der Waals surface area contributed by atoms with Gasteiger partial charge in [0, 0.05) is 25.2 Å². The van der Waals surface area contributed by atoms with Crippen molar-refractivity contribution in [2.75, 3.05) is 27.8 Å². The van der Waals surface area contributed by atoms with E-state index in [1.54, 1.807) is 25.6 Å². The summed E-state index contributed by atoms with van der Waals surface area (Å²) in [6.07, 6.45) is 0. The van der Waals surface area contributed by atoms with Crippen LogP contribution in [0.2, 0.25) is 0 Å². The van der Waals surface area contributed by atoms with Crippen LogP contribution in [0, 0.1) is 0 Å². The summed E-state index contributed by atoms with van der Waals surface area (Å²) in [5, 5.41) is 4.26. The average molecular weight is 306 g/mol. The Labute approximate surface area is 130 Å². The fourth-order valence-corrected chi connectivity index (χ4v) is 3.03. The number of hydrogen-bond acceptors (Lipinski definition) is 5. The van der Waals surface area contributed by atoms with E-state index in [0.29, 0.717) is 6.54 Å². The minimum Gasteiger partial charge on any atom is -0.497 e. The van der Waals surface area contributed by atoms with E-state index >= 15 is 0 Å². The molecule has 2 rings (SSSR count). The summed E-state index contributed by atoms with van der Waals surface area (Å²) in [4.78, 5) is 2.25. The summed E-state index contributed by atoms with van der Waals surface area (Å²) >= 11 is 1.71. The molecule has 114 valence electrons. The molecule has 0 aliphatic rings. The van der Waals surface area contributed by atoms with E-state index in [4.69, 9.17) is 15.2 Å². The lowest BCUT2D eigenvalue weighted by molar-refractivity contribution is 0.241. The second kappa shape index (κ2) is 7.45. The molecule has 0 amide bonds. The standard InChI is InChI=1S/C16H22N2O2S/c1-18(10-12-4-5-21-11-12)16(9-17)13-6-14(19-2)8-15(7-13)20-3/h4-8,11,16H,9-10,17H2,1-3H3. The maximum Gasteiger partial charge on any atom is 0.122 e. The average Bonchev–Trinajstić information content (AvgIpc) is 3.00. The highest BCUT2D eigenvalue weighted by atomic mass is 32.1. The van der Waals surface area contributed by atoms with Crippen LogP contribution in [0.4, 0.5) is 0 Å². The van der Waals surface area contributed by atoms with Crippen molar-refractivity contribution in [2.45, 2.75) is 12.6 Å². The Morgan fingerprint density at radius 2 is 1.86 bits per heavy atom. The van der Waals surface area contributed by atoms with Gasteiger partial charge in [-0.15, -0.1) is 0 Å². The first-order valence-electron chi connectivity index (χ1n) is 6.82. The van der Waals surface area contributed by atoms with Crippen molar-refractivity contribution < 1.29 is 9.47 Å². The summed E-state index contributed by atoms with van der Waals surface area (Å²) in [5.41, 5.74) is 8.40. The maximum atomic E-state index is 6.00. The molecule has 2 aromatic rings. The van der Waals surface area contributed by atoms with Gasteiger partial charge in [-0.2, -0.15) is 11.3 Å². The predicted octanol–water partition coefficient (Wildman–Crippen LogP) is 2.90. The number of likely N-dealkylation sites (N-methyl/N-ethyl adjacent to an activating group) is 1. The van der Waals surface area contributed by atoms with E-state index < -0.39 is 0 Å². The van der Waals surface area contributed by atoms with Gasteiger partial charge in [0.2, 0.25) is 0 Å². The molecule has 0 aliphatic carbocycles. The molecule has 1 heterocycles. The Morgan fingerprint density at radius 1 is 1.19 bits per heavy atom. The molecule has 21 heavy (non-hydrogen) atoms. The molecule has 1 atom stereocenters. The number of methoxy groups -OCH3 is 2. The van der Waals surface area contributed by atoms with Crippen molar-refractivity contribution in [3.63, 3.8) is 0 Å². The first-order chi connectivity index (χ1) is 10.2. The van der Waals surface area contributed by atoms with Crippen LogP contribution in [0.15, 0.2) is 35.0 Å². The third kappa shape index (κ3) is 3.97. The SMILES string of the molecule is COc1cc(OC)cc(C(CN)N(C)Cc2ccsc2)c1. The van der Waals surface area contributed by atoms with Crippen molar-refractivity contribution in [2.24, 2.45) is 5.73 Å². The molecule has 0 spiro atoms. The van der Waals surface area contributed by atoms with E-state index in [1.807, 2.05) is 18.2 Å². The fraction of sp³-hybridized carbons (Fsp3) is 0.375. The molecule has 4 nitrogen and oxygen atoms in total.